The van der Waals surface area contributed by atoms with E-state index in [4.69, 9.17) is 14.0 Å². The topological polar surface area (TPSA) is 93.9 Å². The van der Waals surface area contributed by atoms with E-state index in [1.807, 2.05) is 36.9 Å². The molecule has 1 spiro atoms. The quantitative estimate of drug-likeness (QED) is 0.744. The molecule has 2 amide bonds. The minimum Gasteiger partial charge on any atom is -0.454 e. The molecular formula is C24H29N3O5. The Labute approximate surface area is 187 Å². The fourth-order valence-electron chi connectivity index (χ4n) is 5.08. The Hall–Kier alpha value is -3.03. The zero-order valence-electron chi connectivity index (χ0n) is 18.6. The van der Waals surface area contributed by atoms with Gasteiger partial charge in [-0.3, -0.25) is 9.59 Å². The number of benzene rings is 1. The first-order valence-corrected chi connectivity index (χ1v) is 11.3. The number of aryl methyl sites for hydroxylation is 2. The molecule has 1 unspecified atom stereocenters. The van der Waals surface area contributed by atoms with Gasteiger partial charge in [-0.25, -0.2) is 0 Å². The number of hydrogen-bond acceptors (Lipinski definition) is 6. The molecule has 5 rings (SSSR count). The van der Waals surface area contributed by atoms with Crippen LogP contribution in [0.3, 0.4) is 0 Å². The third-order valence-electron chi connectivity index (χ3n) is 7.29. The highest BCUT2D eigenvalue weighted by molar-refractivity contribution is 5.83. The Kier molecular flexibility index (Phi) is 5.31. The number of hydrogen-bond donors (Lipinski definition) is 1. The van der Waals surface area contributed by atoms with Crippen LogP contribution in [0.5, 0.6) is 11.5 Å². The molecule has 3 heterocycles. The molecule has 1 aromatic carbocycles. The van der Waals surface area contributed by atoms with E-state index in [2.05, 4.69) is 10.5 Å². The van der Waals surface area contributed by atoms with Crippen LogP contribution in [-0.4, -0.2) is 41.8 Å². The Morgan fingerprint density at radius 3 is 2.72 bits per heavy atom. The van der Waals surface area contributed by atoms with Crippen LogP contribution in [0.2, 0.25) is 0 Å². The van der Waals surface area contributed by atoms with Crippen LogP contribution in [0.4, 0.5) is 0 Å². The molecule has 1 aliphatic carbocycles. The number of amides is 2. The molecule has 1 saturated heterocycles. The van der Waals surface area contributed by atoms with Crippen molar-refractivity contribution in [3.05, 3.63) is 40.8 Å². The molecule has 1 saturated carbocycles. The maximum atomic E-state index is 12.7. The Balaban J connectivity index is 1.07. The van der Waals surface area contributed by atoms with Gasteiger partial charge in [-0.05, 0) is 62.6 Å². The number of carbonyl (C=O) groups is 2. The van der Waals surface area contributed by atoms with Crippen LogP contribution in [0.15, 0.2) is 22.7 Å². The van der Waals surface area contributed by atoms with E-state index in [0.29, 0.717) is 19.4 Å². The lowest BCUT2D eigenvalue weighted by Gasteiger charge is -2.33. The van der Waals surface area contributed by atoms with Gasteiger partial charge >= 0.3 is 0 Å². The van der Waals surface area contributed by atoms with Gasteiger partial charge in [0, 0.05) is 37.5 Å². The molecule has 0 radical (unpaired) electrons. The van der Waals surface area contributed by atoms with Gasteiger partial charge < -0.3 is 24.2 Å². The van der Waals surface area contributed by atoms with Crippen molar-refractivity contribution >= 4 is 11.8 Å². The van der Waals surface area contributed by atoms with Gasteiger partial charge in [-0.1, -0.05) is 11.2 Å². The van der Waals surface area contributed by atoms with Crippen molar-refractivity contribution in [2.45, 2.75) is 52.5 Å². The summed E-state index contributed by atoms with van der Waals surface area (Å²) in [6.45, 7) is 5.98. The van der Waals surface area contributed by atoms with Crippen LogP contribution in [-0.2, 0) is 22.6 Å². The molecule has 8 nitrogen and oxygen atoms in total. The lowest BCUT2D eigenvalue weighted by atomic mass is 9.90. The lowest BCUT2D eigenvalue weighted by Crippen LogP contribution is -2.40. The van der Waals surface area contributed by atoms with Crippen LogP contribution in [0, 0.1) is 25.2 Å². The SMILES string of the molecule is Cc1noc(C)c1CCC(=O)N1CCC2(CC1)CC2C(=O)NCc1ccc2c(c1)OCO2. The van der Waals surface area contributed by atoms with Crippen molar-refractivity contribution in [1.29, 1.82) is 0 Å². The highest BCUT2D eigenvalue weighted by Gasteiger charge is 2.58. The van der Waals surface area contributed by atoms with E-state index >= 15 is 0 Å². The molecule has 3 aliphatic rings. The number of likely N-dealkylation sites (tertiary alicyclic amines) is 1. The zero-order valence-corrected chi connectivity index (χ0v) is 18.6. The van der Waals surface area contributed by atoms with Gasteiger partial charge in [0.2, 0.25) is 18.6 Å². The molecular weight excluding hydrogens is 410 g/mol. The second-order valence-electron chi connectivity index (χ2n) is 9.21. The molecule has 2 fully saturated rings. The predicted octanol–water partition coefficient (Wildman–Crippen LogP) is 2.90. The van der Waals surface area contributed by atoms with Crippen LogP contribution in [0.25, 0.3) is 0 Å². The van der Waals surface area contributed by atoms with Crippen molar-refractivity contribution < 1.29 is 23.6 Å². The summed E-state index contributed by atoms with van der Waals surface area (Å²) in [5.41, 5.74) is 2.96. The molecule has 1 N–H and O–H groups in total. The van der Waals surface area contributed by atoms with Crippen molar-refractivity contribution in [2.75, 3.05) is 19.9 Å². The van der Waals surface area contributed by atoms with Gasteiger partial charge in [-0.2, -0.15) is 0 Å². The second kappa shape index (κ2) is 8.15. The van der Waals surface area contributed by atoms with E-state index in [1.54, 1.807) is 0 Å². The van der Waals surface area contributed by atoms with Gasteiger partial charge in [0.05, 0.1) is 5.69 Å². The Morgan fingerprint density at radius 2 is 1.97 bits per heavy atom. The first-order chi connectivity index (χ1) is 15.4. The van der Waals surface area contributed by atoms with E-state index in [0.717, 1.165) is 66.4 Å². The highest BCUT2D eigenvalue weighted by atomic mass is 16.7. The Morgan fingerprint density at radius 1 is 1.19 bits per heavy atom. The van der Waals surface area contributed by atoms with Crippen molar-refractivity contribution in [3.8, 4) is 11.5 Å². The second-order valence-corrected chi connectivity index (χ2v) is 9.21. The number of piperidine rings is 1. The number of fused-ring (bicyclic) bond motifs is 1. The standard InChI is InChI=1S/C24H29N3O5/c1-15-18(16(2)32-26-15)4-6-22(28)27-9-7-24(8-10-27)12-19(24)23(29)25-13-17-3-5-20-21(11-17)31-14-30-20/h3,5,11,19H,4,6-10,12-14H2,1-2H3,(H,25,29). The molecule has 8 heteroatoms. The van der Waals surface area contributed by atoms with Crippen LogP contribution in [0.1, 0.15) is 48.3 Å². The molecule has 0 bridgehead atoms. The maximum absolute atomic E-state index is 12.7. The monoisotopic (exact) mass is 439 g/mol. The number of rotatable bonds is 6. The van der Waals surface area contributed by atoms with E-state index < -0.39 is 0 Å². The summed E-state index contributed by atoms with van der Waals surface area (Å²) in [4.78, 5) is 27.4. The minimum absolute atomic E-state index is 0.0519. The first-order valence-electron chi connectivity index (χ1n) is 11.3. The average molecular weight is 440 g/mol. The summed E-state index contributed by atoms with van der Waals surface area (Å²) < 4.78 is 15.9. The van der Waals surface area contributed by atoms with Crippen molar-refractivity contribution in [3.63, 3.8) is 0 Å². The summed E-state index contributed by atoms with van der Waals surface area (Å²) in [5, 5.41) is 7.03. The normalized spacial score (nSPS) is 20.4. The molecule has 2 aliphatic heterocycles. The minimum atomic E-state index is 0.0519. The fraction of sp³-hybridized carbons (Fsp3) is 0.542. The van der Waals surface area contributed by atoms with Gasteiger partial charge in [-0.15, -0.1) is 0 Å². The van der Waals surface area contributed by atoms with Crippen molar-refractivity contribution in [1.82, 2.24) is 15.4 Å². The molecule has 32 heavy (non-hydrogen) atoms. The summed E-state index contributed by atoms with van der Waals surface area (Å²) >= 11 is 0. The van der Waals surface area contributed by atoms with E-state index in [9.17, 15) is 9.59 Å². The number of aromatic nitrogens is 1. The number of ether oxygens (including phenoxy) is 2. The summed E-state index contributed by atoms with van der Waals surface area (Å²) in [6, 6.07) is 5.74. The van der Waals surface area contributed by atoms with Gasteiger partial charge in [0.1, 0.15) is 5.76 Å². The van der Waals surface area contributed by atoms with Crippen molar-refractivity contribution in [2.24, 2.45) is 11.3 Å². The average Bonchev–Trinajstić information content (AvgIpc) is 3.12. The molecule has 1 atom stereocenters. The first kappa shape index (κ1) is 20.8. The summed E-state index contributed by atoms with van der Waals surface area (Å²) in [7, 11) is 0. The third-order valence-corrected chi connectivity index (χ3v) is 7.29. The number of nitrogens with zero attached hydrogens (tertiary/aromatic N) is 2. The largest absolute Gasteiger partial charge is 0.454 e. The lowest BCUT2D eigenvalue weighted by molar-refractivity contribution is -0.132. The molecule has 2 aromatic rings. The van der Waals surface area contributed by atoms with Crippen LogP contribution < -0.4 is 14.8 Å². The molecule has 1 aromatic heterocycles. The van der Waals surface area contributed by atoms with Gasteiger partial charge in [0.15, 0.2) is 11.5 Å². The third kappa shape index (κ3) is 3.94. The molecule has 170 valence electrons. The summed E-state index contributed by atoms with van der Waals surface area (Å²) in [5.74, 6) is 2.60. The van der Waals surface area contributed by atoms with E-state index in [-0.39, 0.29) is 29.9 Å². The zero-order chi connectivity index (χ0) is 22.3. The number of nitrogens with one attached hydrogen (secondary N) is 1. The van der Waals surface area contributed by atoms with Gasteiger partial charge in [0.25, 0.3) is 0 Å². The maximum Gasteiger partial charge on any atom is 0.231 e. The van der Waals surface area contributed by atoms with E-state index in [1.165, 1.54) is 0 Å². The Bertz CT molecular complexity index is 1020. The summed E-state index contributed by atoms with van der Waals surface area (Å²) in [6.07, 6.45) is 3.83. The fourth-order valence-corrected chi connectivity index (χ4v) is 5.08. The van der Waals surface area contributed by atoms with Crippen LogP contribution >= 0.6 is 0 Å². The predicted molar refractivity (Wildman–Crippen MR) is 115 cm³/mol. The smallest absolute Gasteiger partial charge is 0.231 e. The highest BCUT2D eigenvalue weighted by Crippen LogP contribution is 2.59. The number of carbonyl (C=O) groups excluding carboxylic acids is 2.